The zero-order valence-corrected chi connectivity index (χ0v) is 15.2. The summed E-state index contributed by atoms with van der Waals surface area (Å²) < 4.78 is 1.92. The third-order valence-corrected chi connectivity index (χ3v) is 4.10. The first-order valence-corrected chi connectivity index (χ1v) is 8.44. The third kappa shape index (κ3) is 4.52. The smallest absolute Gasteiger partial charge is 0.324 e. The molecule has 6 nitrogen and oxygen atoms in total. The number of benzene rings is 2. The van der Waals surface area contributed by atoms with E-state index in [0.29, 0.717) is 16.4 Å². The summed E-state index contributed by atoms with van der Waals surface area (Å²) in [5.74, 6) is -0.363. The number of carbonyl (C=O) groups is 1. The molecule has 0 aliphatic heterocycles. The average molecular weight is 420 g/mol. The summed E-state index contributed by atoms with van der Waals surface area (Å²) in [4.78, 5) is 28.1. The number of anilines is 1. The number of aromatic nitrogens is 3. The van der Waals surface area contributed by atoms with Crippen molar-refractivity contribution in [1.29, 1.82) is 0 Å². The van der Waals surface area contributed by atoms with Crippen LogP contribution in [0, 0.1) is 0 Å². The van der Waals surface area contributed by atoms with Gasteiger partial charge in [0.1, 0.15) is 6.54 Å². The van der Waals surface area contributed by atoms with Crippen LogP contribution >= 0.6 is 27.5 Å². The molecule has 0 bridgehead atoms. The zero-order chi connectivity index (χ0) is 17.8. The van der Waals surface area contributed by atoms with E-state index in [1.165, 1.54) is 6.20 Å². The molecular weight excluding hydrogens is 408 g/mol. The molecule has 8 heteroatoms. The van der Waals surface area contributed by atoms with Gasteiger partial charge in [0, 0.05) is 20.7 Å². The highest BCUT2D eigenvalue weighted by Gasteiger charge is 2.09. The Kier molecular flexibility index (Phi) is 5.25. The first-order valence-electron chi connectivity index (χ1n) is 7.27. The highest BCUT2D eigenvalue weighted by molar-refractivity contribution is 9.10. The van der Waals surface area contributed by atoms with Gasteiger partial charge in [-0.25, -0.2) is 9.48 Å². The average Bonchev–Trinajstić information content (AvgIpc) is 2.59. The van der Waals surface area contributed by atoms with Crippen LogP contribution in [0.2, 0.25) is 5.02 Å². The van der Waals surface area contributed by atoms with Crippen LogP contribution < -0.4 is 11.0 Å². The second kappa shape index (κ2) is 7.58. The quantitative estimate of drug-likeness (QED) is 0.703. The van der Waals surface area contributed by atoms with Crippen LogP contribution in [0.1, 0.15) is 0 Å². The number of hydrogen-bond donors (Lipinski definition) is 1. The maximum atomic E-state index is 12.1. The number of hydrogen-bond acceptors (Lipinski definition) is 4. The fourth-order valence-electron chi connectivity index (χ4n) is 2.10. The molecule has 0 aliphatic rings. The van der Waals surface area contributed by atoms with Crippen LogP contribution in [0.25, 0.3) is 11.3 Å². The molecule has 3 aromatic rings. The highest BCUT2D eigenvalue weighted by atomic mass is 79.9. The van der Waals surface area contributed by atoms with E-state index in [9.17, 15) is 9.59 Å². The molecule has 2 aromatic carbocycles. The first-order chi connectivity index (χ1) is 12.0. The number of amides is 1. The van der Waals surface area contributed by atoms with Crippen molar-refractivity contribution in [3.8, 4) is 11.3 Å². The Hall–Kier alpha value is -2.51. The van der Waals surface area contributed by atoms with Crippen molar-refractivity contribution in [3.05, 3.63) is 74.7 Å². The van der Waals surface area contributed by atoms with Gasteiger partial charge in [0.25, 0.3) is 0 Å². The normalized spacial score (nSPS) is 10.5. The molecule has 0 fully saturated rings. The molecule has 0 unspecified atom stereocenters. The van der Waals surface area contributed by atoms with Crippen molar-refractivity contribution < 1.29 is 4.79 Å². The van der Waals surface area contributed by atoms with Crippen molar-refractivity contribution in [2.45, 2.75) is 6.54 Å². The van der Waals surface area contributed by atoms with Crippen molar-refractivity contribution in [2.24, 2.45) is 0 Å². The standard InChI is InChI=1S/C17H12BrClN4O2/c18-12-3-7-14(8-4-12)21-16(24)10-23-17(25)22-15(9-20-23)11-1-5-13(19)6-2-11/h1-9H,10H2,(H,21,24). The predicted octanol–water partition coefficient (Wildman–Crippen LogP) is 3.36. The molecule has 0 aliphatic carbocycles. The van der Waals surface area contributed by atoms with Crippen LogP contribution in [0.5, 0.6) is 0 Å². The number of nitrogens with one attached hydrogen (secondary N) is 1. The molecule has 1 amide bonds. The lowest BCUT2D eigenvalue weighted by Crippen LogP contribution is -2.31. The van der Waals surface area contributed by atoms with Crippen LogP contribution in [0.15, 0.2) is 64.0 Å². The highest BCUT2D eigenvalue weighted by Crippen LogP contribution is 2.17. The van der Waals surface area contributed by atoms with E-state index in [4.69, 9.17) is 11.6 Å². The van der Waals surface area contributed by atoms with E-state index in [1.54, 1.807) is 36.4 Å². The molecule has 3 rings (SSSR count). The van der Waals surface area contributed by atoms with Gasteiger partial charge in [-0.3, -0.25) is 4.79 Å². The molecule has 1 heterocycles. The van der Waals surface area contributed by atoms with Gasteiger partial charge in [0.05, 0.1) is 11.9 Å². The summed E-state index contributed by atoms with van der Waals surface area (Å²) in [7, 11) is 0. The minimum atomic E-state index is -0.599. The van der Waals surface area contributed by atoms with Gasteiger partial charge in [0.2, 0.25) is 5.91 Å². The number of halogens is 2. The summed E-state index contributed by atoms with van der Waals surface area (Å²) in [6.45, 7) is -0.219. The van der Waals surface area contributed by atoms with E-state index in [2.05, 4.69) is 31.3 Å². The van der Waals surface area contributed by atoms with E-state index in [1.807, 2.05) is 12.1 Å². The van der Waals surface area contributed by atoms with Gasteiger partial charge in [-0.15, -0.1) is 0 Å². The first kappa shape index (κ1) is 17.3. The van der Waals surface area contributed by atoms with Gasteiger partial charge in [-0.2, -0.15) is 10.1 Å². The Morgan fingerprint density at radius 3 is 2.44 bits per heavy atom. The minimum Gasteiger partial charge on any atom is -0.324 e. The molecule has 0 saturated heterocycles. The Morgan fingerprint density at radius 1 is 1.12 bits per heavy atom. The minimum absolute atomic E-state index is 0.219. The van der Waals surface area contributed by atoms with Crippen LogP contribution in [-0.4, -0.2) is 20.7 Å². The van der Waals surface area contributed by atoms with E-state index in [-0.39, 0.29) is 12.5 Å². The Morgan fingerprint density at radius 2 is 1.80 bits per heavy atom. The second-order valence-electron chi connectivity index (χ2n) is 5.14. The fraction of sp³-hybridized carbons (Fsp3) is 0.0588. The summed E-state index contributed by atoms with van der Waals surface area (Å²) in [5, 5.41) is 7.30. The number of nitrogens with zero attached hydrogens (tertiary/aromatic N) is 3. The number of rotatable bonds is 4. The molecule has 0 radical (unpaired) electrons. The summed E-state index contributed by atoms with van der Waals surface area (Å²) in [6, 6.07) is 14.0. The third-order valence-electron chi connectivity index (χ3n) is 3.32. The Balaban J connectivity index is 1.72. The largest absolute Gasteiger partial charge is 0.365 e. The molecule has 1 N–H and O–H groups in total. The Bertz CT molecular complexity index is 956. The summed E-state index contributed by atoms with van der Waals surface area (Å²) >= 11 is 9.16. The van der Waals surface area contributed by atoms with Gasteiger partial charge in [-0.05, 0) is 36.4 Å². The molecule has 0 atom stereocenters. The summed E-state index contributed by atoms with van der Waals surface area (Å²) in [5.41, 5.74) is 1.18. The van der Waals surface area contributed by atoms with Gasteiger partial charge in [0.15, 0.2) is 0 Å². The maximum absolute atomic E-state index is 12.1. The molecule has 0 saturated carbocycles. The SMILES string of the molecule is O=C(Cn1ncc(-c2ccc(Cl)cc2)nc1=O)Nc1ccc(Br)cc1. The molecule has 25 heavy (non-hydrogen) atoms. The van der Waals surface area contributed by atoms with Gasteiger partial charge < -0.3 is 5.32 Å². The topological polar surface area (TPSA) is 76.9 Å². The number of carbonyl (C=O) groups excluding carboxylic acids is 1. The lowest BCUT2D eigenvalue weighted by atomic mass is 10.2. The predicted molar refractivity (Wildman–Crippen MR) is 99.5 cm³/mol. The summed E-state index contributed by atoms with van der Waals surface area (Å²) in [6.07, 6.45) is 1.44. The lowest BCUT2D eigenvalue weighted by Gasteiger charge is -2.07. The molecular formula is C17H12BrClN4O2. The van der Waals surface area contributed by atoms with Gasteiger partial charge >= 0.3 is 5.69 Å². The lowest BCUT2D eigenvalue weighted by molar-refractivity contribution is -0.117. The Labute approximate surface area is 156 Å². The monoisotopic (exact) mass is 418 g/mol. The van der Waals surface area contributed by atoms with E-state index in [0.717, 1.165) is 14.7 Å². The maximum Gasteiger partial charge on any atom is 0.365 e. The van der Waals surface area contributed by atoms with E-state index >= 15 is 0 Å². The van der Waals surface area contributed by atoms with Crippen molar-refractivity contribution >= 4 is 39.1 Å². The van der Waals surface area contributed by atoms with Crippen LogP contribution in [0.4, 0.5) is 5.69 Å². The van der Waals surface area contributed by atoms with Crippen molar-refractivity contribution in [3.63, 3.8) is 0 Å². The molecule has 0 spiro atoms. The molecule has 126 valence electrons. The zero-order valence-electron chi connectivity index (χ0n) is 12.8. The molecule has 1 aromatic heterocycles. The fourth-order valence-corrected chi connectivity index (χ4v) is 2.49. The van der Waals surface area contributed by atoms with Gasteiger partial charge in [-0.1, -0.05) is 39.7 Å². The van der Waals surface area contributed by atoms with Crippen molar-refractivity contribution in [1.82, 2.24) is 14.8 Å². The van der Waals surface area contributed by atoms with E-state index < -0.39 is 5.69 Å². The van der Waals surface area contributed by atoms with Crippen molar-refractivity contribution in [2.75, 3.05) is 5.32 Å². The van der Waals surface area contributed by atoms with Crippen LogP contribution in [-0.2, 0) is 11.3 Å². The second-order valence-corrected chi connectivity index (χ2v) is 6.50. The van der Waals surface area contributed by atoms with Crippen LogP contribution in [0.3, 0.4) is 0 Å².